The maximum absolute atomic E-state index is 10.5. The van der Waals surface area contributed by atoms with Crippen molar-refractivity contribution in [3.05, 3.63) is 81.9 Å². The molecular weight excluding hydrogens is 332 g/mol. The number of rotatable bonds is 8. The monoisotopic (exact) mass is 360 g/mol. The Morgan fingerprint density at radius 2 is 1.35 bits per heavy atom. The third kappa shape index (κ3) is 8.09. The molecule has 0 spiro atoms. The average Bonchev–Trinajstić information content (AvgIpc) is 2.65. The Balaban J connectivity index is 0.000000765. The van der Waals surface area contributed by atoms with Gasteiger partial charge in [0, 0.05) is 12.5 Å². The first-order chi connectivity index (χ1) is 12.5. The van der Waals surface area contributed by atoms with Gasteiger partial charge in [-0.15, -0.1) is 10.1 Å². The number of hydrogen-bond donors (Lipinski definition) is 2. The predicted molar refractivity (Wildman–Crippen MR) is 102 cm³/mol. The zero-order valence-electron chi connectivity index (χ0n) is 15.4. The molecule has 0 radical (unpaired) electrons. The number of nitrogens with zero attached hydrogens (tertiary/aromatic N) is 2. The van der Waals surface area contributed by atoms with Crippen molar-refractivity contribution in [1.29, 1.82) is 0 Å². The number of benzene rings is 2. The lowest BCUT2D eigenvalue weighted by molar-refractivity contribution is -0.742. The van der Waals surface area contributed by atoms with Crippen LogP contribution in [0.15, 0.2) is 60.7 Å². The van der Waals surface area contributed by atoms with Crippen LogP contribution in [0.25, 0.3) is 0 Å². The fourth-order valence-electron chi connectivity index (χ4n) is 2.96. The molecule has 2 aromatic rings. The lowest BCUT2D eigenvalue weighted by Crippen LogP contribution is -2.33. The largest absolute Gasteiger partial charge is 0.392 e. The van der Waals surface area contributed by atoms with E-state index < -0.39 is 5.09 Å². The zero-order valence-corrected chi connectivity index (χ0v) is 15.4. The van der Waals surface area contributed by atoms with Crippen LogP contribution in [-0.2, 0) is 0 Å². The maximum atomic E-state index is 10.5. The molecule has 0 heterocycles. The van der Waals surface area contributed by atoms with Crippen molar-refractivity contribution in [1.82, 2.24) is 4.90 Å². The van der Waals surface area contributed by atoms with E-state index in [1.807, 2.05) is 12.1 Å². The number of aliphatic hydroxyl groups is 1. The smallest absolute Gasteiger partial charge is 0.291 e. The van der Waals surface area contributed by atoms with Crippen LogP contribution in [0.3, 0.4) is 0 Å². The Bertz CT molecular complexity index is 575. The lowest BCUT2D eigenvalue weighted by atomic mass is 9.86. The summed E-state index contributed by atoms with van der Waals surface area (Å²) >= 11 is 0. The Hall–Kier alpha value is -2.44. The molecule has 0 fully saturated rings. The van der Waals surface area contributed by atoms with Crippen LogP contribution in [0.1, 0.15) is 37.3 Å². The molecule has 2 aromatic carbocycles. The Labute approximate surface area is 154 Å². The molecule has 142 valence electrons. The fraction of sp³-hybridized carbons (Fsp3) is 0.400. The second-order valence-corrected chi connectivity index (χ2v) is 5.99. The predicted octanol–water partition coefficient (Wildman–Crippen LogP) is 3.56. The van der Waals surface area contributed by atoms with E-state index in [2.05, 4.69) is 67.3 Å². The van der Waals surface area contributed by atoms with Gasteiger partial charge in [0.1, 0.15) is 0 Å². The second kappa shape index (κ2) is 12.0. The van der Waals surface area contributed by atoms with Crippen molar-refractivity contribution in [2.45, 2.75) is 32.3 Å². The van der Waals surface area contributed by atoms with Crippen molar-refractivity contribution in [2.24, 2.45) is 0 Å². The summed E-state index contributed by atoms with van der Waals surface area (Å²) in [4.78, 5) is 10.6. The van der Waals surface area contributed by atoms with E-state index in [1.165, 1.54) is 11.1 Å². The van der Waals surface area contributed by atoms with Crippen LogP contribution >= 0.6 is 0 Å². The van der Waals surface area contributed by atoms with Gasteiger partial charge in [0.15, 0.2) is 0 Å². The molecule has 2 rings (SSSR count). The van der Waals surface area contributed by atoms with Gasteiger partial charge in [-0.25, -0.2) is 0 Å². The van der Waals surface area contributed by atoms with Crippen LogP contribution in [0, 0.1) is 10.1 Å². The molecule has 0 aliphatic heterocycles. The van der Waals surface area contributed by atoms with Crippen molar-refractivity contribution in [2.75, 3.05) is 19.6 Å². The first-order valence-corrected chi connectivity index (χ1v) is 8.81. The van der Waals surface area contributed by atoms with Gasteiger partial charge >= 0.3 is 0 Å². The minimum Gasteiger partial charge on any atom is -0.392 e. The highest BCUT2D eigenvalue weighted by molar-refractivity contribution is 5.32. The summed E-state index contributed by atoms with van der Waals surface area (Å²) in [6.07, 6.45) is 0.440. The maximum Gasteiger partial charge on any atom is 0.291 e. The molecule has 1 atom stereocenters. The molecule has 2 N–H and O–H groups in total. The highest BCUT2D eigenvalue weighted by atomic mass is 16.9. The third-order valence-electron chi connectivity index (χ3n) is 4.28. The summed E-state index contributed by atoms with van der Waals surface area (Å²) in [7, 11) is 0. The Kier molecular flexibility index (Phi) is 9.97. The molecule has 0 aromatic heterocycles. The van der Waals surface area contributed by atoms with E-state index in [-0.39, 0.29) is 12.0 Å². The standard InChI is InChI=1S/C20H27NO.HNO3/c1-3-21(4-2)16-19(22)15-20(17-11-7-5-8-12-17)18-13-9-6-10-14-18;2-1(3)4/h5-14,19-20,22H,3-4,15-16H2,1-2H3;(H,2,3,4). The Morgan fingerprint density at radius 1 is 0.962 bits per heavy atom. The molecule has 0 aliphatic carbocycles. The van der Waals surface area contributed by atoms with Gasteiger partial charge < -0.3 is 15.2 Å². The van der Waals surface area contributed by atoms with Gasteiger partial charge in [-0.3, -0.25) is 0 Å². The van der Waals surface area contributed by atoms with Crippen LogP contribution in [0.2, 0.25) is 0 Å². The summed E-state index contributed by atoms with van der Waals surface area (Å²) in [6, 6.07) is 21.0. The number of aliphatic hydroxyl groups excluding tert-OH is 1. The van der Waals surface area contributed by atoms with Crippen LogP contribution in [0.5, 0.6) is 0 Å². The molecule has 0 saturated carbocycles. The average molecular weight is 360 g/mol. The van der Waals surface area contributed by atoms with Crippen molar-refractivity contribution >= 4 is 0 Å². The number of likely N-dealkylation sites (N-methyl/N-ethyl adjacent to an activating group) is 1. The molecule has 1 unspecified atom stereocenters. The van der Waals surface area contributed by atoms with E-state index in [4.69, 9.17) is 15.3 Å². The van der Waals surface area contributed by atoms with Gasteiger partial charge in [-0.05, 0) is 30.6 Å². The minimum absolute atomic E-state index is 0.243. The van der Waals surface area contributed by atoms with Crippen LogP contribution < -0.4 is 0 Å². The summed E-state index contributed by atoms with van der Waals surface area (Å²) in [5.41, 5.74) is 2.54. The van der Waals surface area contributed by atoms with Crippen LogP contribution in [0.4, 0.5) is 0 Å². The molecule has 6 nitrogen and oxygen atoms in total. The zero-order chi connectivity index (χ0) is 19.4. The van der Waals surface area contributed by atoms with Crippen LogP contribution in [-0.4, -0.2) is 46.0 Å². The minimum atomic E-state index is -1.50. The van der Waals surface area contributed by atoms with Crippen molar-refractivity contribution < 1.29 is 15.4 Å². The van der Waals surface area contributed by atoms with Gasteiger partial charge in [-0.2, -0.15) is 0 Å². The summed E-state index contributed by atoms with van der Waals surface area (Å²) in [5, 5.41) is 24.2. The molecular formula is C20H28N2O4. The number of hydrogen-bond acceptors (Lipinski definition) is 4. The van der Waals surface area contributed by atoms with E-state index in [0.29, 0.717) is 0 Å². The first-order valence-electron chi connectivity index (χ1n) is 8.81. The molecule has 0 amide bonds. The van der Waals surface area contributed by atoms with Gasteiger partial charge in [-0.1, -0.05) is 74.5 Å². The molecule has 6 heteroatoms. The van der Waals surface area contributed by atoms with Gasteiger partial charge in [0.05, 0.1) is 6.10 Å². The second-order valence-electron chi connectivity index (χ2n) is 5.99. The molecule has 0 bridgehead atoms. The van der Waals surface area contributed by atoms with E-state index in [1.54, 1.807) is 0 Å². The van der Waals surface area contributed by atoms with Gasteiger partial charge in [0.25, 0.3) is 5.09 Å². The summed E-state index contributed by atoms with van der Waals surface area (Å²) in [5.74, 6) is 0.243. The lowest BCUT2D eigenvalue weighted by Gasteiger charge is -2.26. The van der Waals surface area contributed by atoms with Crippen molar-refractivity contribution in [3.63, 3.8) is 0 Å². The fourth-order valence-corrected chi connectivity index (χ4v) is 2.96. The van der Waals surface area contributed by atoms with Gasteiger partial charge in [0.2, 0.25) is 0 Å². The summed E-state index contributed by atoms with van der Waals surface area (Å²) in [6.45, 7) is 6.98. The Morgan fingerprint density at radius 3 is 1.69 bits per heavy atom. The SMILES string of the molecule is CCN(CC)CC(O)CC(c1ccccc1)c1ccccc1.O=[N+]([O-])O. The molecule has 26 heavy (non-hydrogen) atoms. The quantitative estimate of drug-likeness (QED) is 0.555. The van der Waals surface area contributed by atoms with Crippen molar-refractivity contribution in [3.8, 4) is 0 Å². The highest BCUT2D eigenvalue weighted by Gasteiger charge is 2.19. The molecule has 0 aliphatic rings. The van der Waals surface area contributed by atoms with E-state index >= 15 is 0 Å². The summed E-state index contributed by atoms with van der Waals surface area (Å²) < 4.78 is 0. The highest BCUT2D eigenvalue weighted by Crippen LogP contribution is 2.29. The van der Waals surface area contributed by atoms with E-state index in [9.17, 15) is 5.11 Å². The first kappa shape index (κ1) is 21.6. The normalized spacial score (nSPS) is 11.7. The van der Waals surface area contributed by atoms with E-state index in [0.717, 1.165) is 26.1 Å². The molecule has 0 saturated heterocycles. The third-order valence-corrected chi connectivity index (χ3v) is 4.28. The topological polar surface area (TPSA) is 86.8 Å².